The Balaban J connectivity index is 1.41. The van der Waals surface area contributed by atoms with Gasteiger partial charge in [-0.05, 0) is 54.1 Å². The van der Waals surface area contributed by atoms with Crippen LogP contribution < -0.4 is 23.8 Å². The number of fused-ring (bicyclic) bond motifs is 1. The Morgan fingerprint density at radius 3 is 2.55 bits per heavy atom. The van der Waals surface area contributed by atoms with Crippen molar-refractivity contribution in [3.8, 4) is 34.1 Å². The van der Waals surface area contributed by atoms with E-state index in [1.807, 2.05) is 0 Å². The lowest BCUT2D eigenvalue weighted by molar-refractivity contribution is 0.209. The summed E-state index contributed by atoms with van der Waals surface area (Å²) in [6.07, 6.45) is -0.239. The highest BCUT2D eigenvalue weighted by Crippen LogP contribution is 2.40. The van der Waals surface area contributed by atoms with Crippen LogP contribution >= 0.6 is 23.1 Å². The first-order valence-corrected chi connectivity index (χ1v) is 16.4. The van der Waals surface area contributed by atoms with Gasteiger partial charge in [0.15, 0.2) is 23.0 Å². The topological polar surface area (TPSA) is 166 Å². The molecule has 252 valence electrons. The van der Waals surface area contributed by atoms with Gasteiger partial charge in [-0.25, -0.2) is 31.3 Å². The number of carbonyl (C=O) groups is 1. The molecule has 0 fully saturated rings. The number of hydrogen-bond donors (Lipinski definition) is 2. The lowest BCUT2D eigenvalue weighted by Gasteiger charge is -2.23. The van der Waals surface area contributed by atoms with E-state index in [2.05, 4.69) is 19.8 Å². The molecule has 0 radical (unpaired) electrons. The van der Waals surface area contributed by atoms with Gasteiger partial charge in [-0.3, -0.25) is 5.32 Å². The molecule has 18 heteroatoms. The molecule has 13 nitrogen and oxygen atoms in total. The molecular formula is C31H22ClF2N5O8S2. The van der Waals surface area contributed by atoms with Crippen molar-refractivity contribution >= 4 is 61.2 Å². The molecule has 0 aliphatic rings. The Hall–Kier alpha value is -5.52. The highest BCUT2D eigenvalue weighted by atomic mass is 35.5. The number of halogens is 3. The largest absolute Gasteiger partial charge is 0.497 e. The number of nitrogens with zero attached hydrogens (tertiary/aromatic N) is 4. The van der Waals surface area contributed by atoms with Crippen LogP contribution in [0.4, 0.5) is 24.5 Å². The smallest absolute Gasteiger partial charge is 0.410 e. The molecule has 1 amide bonds. The average Bonchev–Trinajstić information content (AvgIpc) is 3.75. The van der Waals surface area contributed by atoms with Crippen molar-refractivity contribution in [2.45, 2.75) is 11.4 Å². The number of amides is 1. The summed E-state index contributed by atoms with van der Waals surface area (Å²) in [4.78, 5) is 14.2. The standard InChI is InChI=1S/C31H22ClF2N5O8S2/c1-44-20-6-3-17(25(13-20)45-2)14-39(30-35-15-36-48-30)49(42,43)27-12-19(33)11-26(28(27)34)46-23-8-5-18(32)10-21(23)16-4-7-24-22(9-16)29(38-47-24)37-31(40)41/h3-13,15H,14H2,1-2H3,(H,37,38)(H,40,41). The summed E-state index contributed by atoms with van der Waals surface area (Å²) in [5, 5.41) is 15.4. The van der Waals surface area contributed by atoms with Gasteiger partial charge >= 0.3 is 6.09 Å². The van der Waals surface area contributed by atoms with Crippen LogP contribution in [0.3, 0.4) is 0 Å². The number of anilines is 2. The fourth-order valence-electron chi connectivity index (χ4n) is 4.82. The van der Waals surface area contributed by atoms with Crippen molar-refractivity contribution in [2.75, 3.05) is 23.8 Å². The number of nitrogens with one attached hydrogen (secondary N) is 1. The van der Waals surface area contributed by atoms with Crippen molar-refractivity contribution in [2.24, 2.45) is 0 Å². The molecule has 6 rings (SSSR count). The number of hydrogen-bond acceptors (Lipinski definition) is 11. The summed E-state index contributed by atoms with van der Waals surface area (Å²) < 4.78 is 86.0. The molecule has 2 N–H and O–H groups in total. The molecule has 0 saturated heterocycles. The van der Waals surface area contributed by atoms with Crippen molar-refractivity contribution in [3.05, 3.63) is 95.3 Å². The Morgan fingerprint density at radius 2 is 1.84 bits per heavy atom. The van der Waals surface area contributed by atoms with Crippen LogP contribution in [0.1, 0.15) is 5.56 Å². The van der Waals surface area contributed by atoms with E-state index in [0.717, 1.165) is 22.2 Å². The number of methoxy groups -OCH3 is 2. The SMILES string of the molecule is COc1ccc(CN(c2ncns2)S(=O)(=O)c2cc(F)cc(Oc3ccc(Cl)cc3-c3ccc4onc(NC(=O)O)c4c3)c2F)c(OC)c1. The molecule has 0 aliphatic heterocycles. The number of carboxylic acid groups (broad SMARTS) is 1. The van der Waals surface area contributed by atoms with Gasteiger partial charge in [0.2, 0.25) is 5.13 Å². The van der Waals surface area contributed by atoms with Gasteiger partial charge in [0.25, 0.3) is 10.0 Å². The van der Waals surface area contributed by atoms with Crippen LogP contribution in [0.15, 0.2) is 82.5 Å². The number of sulfonamides is 1. The molecule has 49 heavy (non-hydrogen) atoms. The Morgan fingerprint density at radius 1 is 1.02 bits per heavy atom. The maximum Gasteiger partial charge on any atom is 0.410 e. The summed E-state index contributed by atoms with van der Waals surface area (Å²) >= 11 is 7.00. The summed E-state index contributed by atoms with van der Waals surface area (Å²) in [6.45, 7) is -0.387. The summed E-state index contributed by atoms with van der Waals surface area (Å²) in [5.41, 5.74) is 1.30. The third-order valence-electron chi connectivity index (χ3n) is 7.08. The molecule has 0 spiro atoms. The van der Waals surface area contributed by atoms with Crippen LogP contribution in [-0.2, 0) is 16.6 Å². The summed E-state index contributed by atoms with van der Waals surface area (Å²) in [5.74, 6) is -2.64. The van der Waals surface area contributed by atoms with Crippen LogP contribution in [0.2, 0.25) is 5.02 Å². The van der Waals surface area contributed by atoms with E-state index in [0.29, 0.717) is 34.4 Å². The van der Waals surface area contributed by atoms with Gasteiger partial charge in [0.05, 0.1) is 26.2 Å². The second-order valence-electron chi connectivity index (χ2n) is 10.0. The zero-order valence-corrected chi connectivity index (χ0v) is 27.6. The molecular weight excluding hydrogens is 708 g/mol. The van der Waals surface area contributed by atoms with Gasteiger partial charge in [-0.15, -0.1) is 0 Å². The molecule has 0 aliphatic carbocycles. The Labute approximate surface area is 285 Å². The average molecular weight is 730 g/mol. The summed E-state index contributed by atoms with van der Waals surface area (Å²) in [6, 6.07) is 14.9. The number of rotatable bonds is 11. The number of ether oxygens (including phenoxy) is 3. The van der Waals surface area contributed by atoms with Crippen LogP contribution in [0.5, 0.6) is 23.0 Å². The molecule has 4 aromatic carbocycles. The molecule has 0 saturated carbocycles. The Kier molecular flexibility index (Phi) is 9.22. The van der Waals surface area contributed by atoms with E-state index in [9.17, 15) is 13.2 Å². The maximum atomic E-state index is 16.3. The first-order valence-electron chi connectivity index (χ1n) is 13.8. The predicted molar refractivity (Wildman–Crippen MR) is 175 cm³/mol. The van der Waals surface area contributed by atoms with E-state index in [1.54, 1.807) is 24.3 Å². The monoisotopic (exact) mass is 729 g/mol. The zero-order valence-electron chi connectivity index (χ0n) is 25.2. The third kappa shape index (κ3) is 6.76. The highest BCUT2D eigenvalue weighted by molar-refractivity contribution is 7.93. The molecule has 0 atom stereocenters. The first kappa shape index (κ1) is 33.4. The molecule has 6 aromatic rings. The van der Waals surface area contributed by atoms with Gasteiger partial charge in [-0.2, -0.15) is 4.37 Å². The van der Waals surface area contributed by atoms with Crippen molar-refractivity contribution in [1.82, 2.24) is 14.5 Å². The fraction of sp³-hybridized carbons (Fsp3) is 0.0968. The van der Waals surface area contributed by atoms with Gasteiger partial charge in [0, 0.05) is 39.8 Å². The zero-order chi connectivity index (χ0) is 34.9. The first-order chi connectivity index (χ1) is 23.5. The van der Waals surface area contributed by atoms with Gasteiger partial charge in [0.1, 0.15) is 34.3 Å². The van der Waals surface area contributed by atoms with Crippen LogP contribution in [0, 0.1) is 11.6 Å². The van der Waals surface area contributed by atoms with E-state index in [-0.39, 0.29) is 45.2 Å². The van der Waals surface area contributed by atoms with E-state index >= 15 is 8.78 Å². The molecule has 2 heterocycles. The van der Waals surface area contributed by atoms with Crippen LogP contribution in [-0.4, -0.2) is 48.4 Å². The number of aromatic nitrogens is 3. The summed E-state index contributed by atoms with van der Waals surface area (Å²) in [7, 11) is -2.02. The predicted octanol–water partition coefficient (Wildman–Crippen LogP) is 7.57. The second-order valence-corrected chi connectivity index (χ2v) is 13.1. The maximum absolute atomic E-state index is 16.3. The highest BCUT2D eigenvalue weighted by Gasteiger charge is 2.33. The molecule has 0 bridgehead atoms. The minimum absolute atomic E-state index is 0.0373. The van der Waals surface area contributed by atoms with E-state index in [1.165, 1.54) is 44.6 Å². The number of benzene rings is 4. The van der Waals surface area contributed by atoms with Gasteiger partial charge in [-0.1, -0.05) is 22.8 Å². The quantitative estimate of drug-likeness (QED) is 0.135. The minimum Gasteiger partial charge on any atom is -0.497 e. The van der Waals surface area contributed by atoms with Crippen molar-refractivity contribution in [3.63, 3.8) is 0 Å². The lowest BCUT2D eigenvalue weighted by atomic mass is 10.0. The fourth-order valence-corrected chi connectivity index (χ4v) is 7.22. The van der Waals surface area contributed by atoms with Crippen molar-refractivity contribution in [1.29, 1.82) is 0 Å². The van der Waals surface area contributed by atoms with E-state index < -0.39 is 38.4 Å². The normalized spacial score (nSPS) is 11.4. The second kappa shape index (κ2) is 13.5. The lowest BCUT2D eigenvalue weighted by Crippen LogP contribution is -2.31. The van der Waals surface area contributed by atoms with Gasteiger partial charge < -0.3 is 23.8 Å². The Bertz CT molecular complexity index is 2310. The van der Waals surface area contributed by atoms with Crippen molar-refractivity contribution < 1.29 is 45.8 Å². The third-order valence-corrected chi connectivity index (χ3v) is 9.85. The minimum atomic E-state index is -4.87. The van der Waals surface area contributed by atoms with Crippen LogP contribution in [0.25, 0.3) is 22.1 Å². The van der Waals surface area contributed by atoms with E-state index in [4.69, 9.17) is 35.4 Å². The molecule has 0 unspecified atom stereocenters. The molecule has 2 aromatic heterocycles.